The molecule has 2 aromatic rings. The minimum absolute atomic E-state index is 0.664. The molecule has 0 heterocycles. The standard InChI is InChI=1S/C19H21ClO2S/c1-3-5-15-6-11-18(19(14-15)21-2)22-12-4-13-23-17-9-7-16(20)8-10-17/h3,6-11,14H,1,4-5,12-13H2,2H3. The number of hydrogen-bond acceptors (Lipinski definition) is 3. The van der Waals surface area contributed by atoms with Crippen molar-refractivity contribution in [2.75, 3.05) is 19.5 Å². The van der Waals surface area contributed by atoms with E-state index >= 15 is 0 Å². The molecule has 23 heavy (non-hydrogen) atoms. The van der Waals surface area contributed by atoms with E-state index in [4.69, 9.17) is 21.1 Å². The number of benzene rings is 2. The first kappa shape index (κ1) is 17.8. The van der Waals surface area contributed by atoms with E-state index in [0.717, 1.165) is 35.1 Å². The van der Waals surface area contributed by atoms with Crippen LogP contribution in [0.5, 0.6) is 11.5 Å². The first-order valence-electron chi connectivity index (χ1n) is 7.52. The fourth-order valence-electron chi connectivity index (χ4n) is 2.09. The van der Waals surface area contributed by atoms with Crippen molar-refractivity contribution in [3.63, 3.8) is 0 Å². The molecule has 4 heteroatoms. The van der Waals surface area contributed by atoms with Gasteiger partial charge in [-0.3, -0.25) is 0 Å². The van der Waals surface area contributed by atoms with Crippen LogP contribution < -0.4 is 9.47 Å². The van der Waals surface area contributed by atoms with Gasteiger partial charge in [0, 0.05) is 15.7 Å². The summed E-state index contributed by atoms with van der Waals surface area (Å²) in [4.78, 5) is 1.22. The molecule has 0 saturated heterocycles. The summed E-state index contributed by atoms with van der Waals surface area (Å²) in [6, 6.07) is 13.9. The monoisotopic (exact) mass is 348 g/mol. The van der Waals surface area contributed by atoms with Crippen molar-refractivity contribution in [2.45, 2.75) is 17.7 Å². The third-order valence-corrected chi connectivity index (χ3v) is 4.59. The molecule has 2 aromatic carbocycles. The molecule has 0 radical (unpaired) electrons. The highest BCUT2D eigenvalue weighted by atomic mass is 35.5. The molecule has 0 bridgehead atoms. The first-order valence-corrected chi connectivity index (χ1v) is 8.88. The molecule has 0 atom stereocenters. The van der Waals surface area contributed by atoms with Crippen molar-refractivity contribution in [1.29, 1.82) is 0 Å². The number of hydrogen-bond donors (Lipinski definition) is 0. The molecule has 0 aliphatic carbocycles. The Kier molecular flexibility index (Phi) is 7.37. The zero-order valence-corrected chi connectivity index (χ0v) is 14.8. The SMILES string of the molecule is C=CCc1ccc(OCCCSc2ccc(Cl)cc2)c(OC)c1. The number of thioether (sulfide) groups is 1. The van der Waals surface area contributed by atoms with Crippen molar-refractivity contribution in [1.82, 2.24) is 0 Å². The van der Waals surface area contributed by atoms with Crippen LogP contribution in [0.4, 0.5) is 0 Å². The third-order valence-electron chi connectivity index (χ3n) is 3.24. The predicted octanol–water partition coefficient (Wildman–Crippen LogP) is 5.64. The Labute approximate surface area is 147 Å². The molecule has 0 spiro atoms. The van der Waals surface area contributed by atoms with Gasteiger partial charge in [0.25, 0.3) is 0 Å². The van der Waals surface area contributed by atoms with Gasteiger partial charge in [-0.1, -0.05) is 23.7 Å². The van der Waals surface area contributed by atoms with Gasteiger partial charge in [0.1, 0.15) is 0 Å². The second kappa shape index (κ2) is 9.53. The van der Waals surface area contributed by atoms with E-state index in [2.05, 4.69) is 6.58 Å². The van der Waals surface area contributed by atoms with Gasteiger partial charge in [-0.2, -0.15) is 0 Å². The fraction of sp³-hybridized carbons (Fsp3) is 0.263. The van der Waals surface area contributed by atoms with Crippen molar-refractivity contribution < 1.29 is 9.47 Å². The molecule has 0 N–H and O–H groups in total. The third kappa shape index (κ3) is 5.85. The second-order valence-corrected chi connectivity index (χ2v) is 6.59. The van der Waals surface area contributed by atoms with Crippen LogP contribution in [0.3, 0.4) is 0 Å². The van der Waals surface area contributed by atoms with Crippen LogP contribution in [0.2, 0.25) is 5.02 Å². The Hall–Kier alpha value is -1.58. The van der Waals surface area contributed by atoms with E-state index in [1.165, 1.54) is 10.5 Å². The minimum Gasteiger partial charge on any atom is -0.493 e. The van der Waals surface area contributed by atoms with E-state index in [-0.39, 0.29) is 0 Å². The van der Waals surface area contributed by atoms with Crippen molar-refractivity contribution in [3.05, 3.63) is 65.7 Å². The van der Waals surface area contributed by atoms with Crippen LogP contribution in [0, 0.1) is 0 Å². The summed E-state index contributed by atoms with van der Waals surface area (Å²) in [5.41, 5.74) is 1.17. The van der Waals surface area contributed by atoms with Crippen LogP contribution in [-0.2, 0) is 6.42 Å². The highest BCUT2D eigenvalue weighted by molar-refractivity contribution is 7.99. The van der Waals surface area contributed by atoms with Gasteiger partial charge in [0.2, 0.25) is 0 Å². The van der Waals surface area contributed by atoms with Crippen molar-refractivity contribution in [3.8, 4) is 11.5 Å². The van der Waals surface area contributed by atoms with Gasteiger partial charge in [0.15, 0.2) is 11.5 Å². The summed E-state index contributed by atoms with van der Waals surface area (Å²) in [5.74, 6) is 2.56. The lowest BCUT2D eigenvalue weighted by Gasteiger charge is -2.11. The lowest BCUT2D eigenvalue weighted by molar-refractivity contribution is 0.295. The van der Waals surface area contributed by atoms with Gasteiger partial charge in [0.05, 0.1) is 13.7 Å². The molecule has 0 aromatic heterocycles. The lowest BCUT2D eigenvalue weighted by Crippen LogP contribution is -2.01. The number of methoxy groups -OCH3 is 1. The summed E-state index contributed by atoms with van der Waals surface area (Å²) < 4.78 is 11.2. The molecular weight excluding hydrogens is 328 g/mol. The van der Waals surface area contributed by atoms with E-state index in [0.29, 0.717) is 6.61 Å². The quantitative estimate of drug-likeness (QED) is 0.332. The van der Waals surface area contributed by atoms with Gasteiger partial charge < -0.3 is 9.47 Å². The molecule has 122 valence electrons. The largest absolute Gasteiger partial charge is 0.493 e. The Morgan fingerprint density at radius 1 is 1.13 bits per heavy atom. The number of rotatable bonds is 9. The fourth-order valence-corrected chi connectivity index (χ4v) is 3.04. The van der Waals surface area contributed by atoms with Gasteiger partial charge in [-0.05, 0) is 54.8 Å². The Balaban J connectivity index is 1.77. The number of allylic oxidation sites excluding steroid dienone is 1. The van der Waals surface area contributed by atoms with Crippen LogP contribution in [0.15, 0.2) is 60.0 Å². The van der Waals surface area contributed by atoms with E-state index in [1.54, 1.807) is 18.9 Å². The Morgan fingerprint density at radius 2 is 1.91 bits per heavy atom. The maximum Gasteiger partial charge on any atom is 0.161 e. The normalized spacial score (nSPS) is 10.3. The summed E-state index contributed by atoms with van der Waals surface area (Å²) in [7, 11) is 1.66. The van der Waals surface area contributed by atoms with Crippen molar-refractivity contribution >= 4 is 23.4 Å². The first-order chi connectivity index (χ1) is 11.2. The molecule has 0 amide bonds. The summed E-state index contributed by atoms with van der Waals surface area (Å²) in [5, 5.41) is 0.768. The lowest BCUT2D eigenvalue weighted by atomic mass is 10.1. The molecule has 0 unspecified atom stereocenters. The topological polar surface area (TPSA) is 18.5 Å². The van der Waals surface area contributed by atoms with Crippen molar-refractivity contribution in [2.24, 2.45) is 0 Å². The zero-order chi connectivity index (χ0) is 16.5. The molecule has 0 saturated carbocycles. The van der Waals surface area contributed by atoms with Crippen LogP contribution in [0.1, 0.15) is 12.0 Å². The molecular formula is C19H21ClO2S. The number of ether oxygens (including phenoxy) is 2. The highest BCUT2D eigenvalue weighted by Crippen LogP contribution is 2.29. The highest BCUT2D eigenvalue weighted by Gasteiger charge is 2.05. The van der Waals surface area contributed by atoms with E-state index < -0.39 is 0 Å². The number of halogens is 1. The molecule has 0 aliphatic heterocycles. The maximum atomic E-state index is 5.88. The summed E-state index contributed by atoms with van der Waals surface area (Å²) in [6.45, 7) is 4.42. The molecule has 0 fully saturated rings. The summed E-state index contributed by atoms with van der Waals surface area (Å²) in [6.07, 6.45) is 3.67. The smallest absolute Gasteiger partial charge is 0.161 e. The van der Waals surface area contributed by atoms with E-state index in [9.17, 15) is 0 Å². The van der Waals surface area contributed by atoms with E-state index in [1.807, 2.05) is 48.5 Å². The zero-order valence-electron chi connectivity index (χ0n) is 13.3. The van der Waals surface area contributed by atoms with Crippen LogP contribution in [-0.4, -0.2) is 19.5 Å². The van der Waals surface area contributed by atoms with Crippen LogP contribution >= 0.6 is 23.4 Å². The Bertz CT molecular complexity index is 626. The molecule has 2 rings (SSSR count). The van der Waals surface area contributed by atoms with Gasteiger partial charge in [-0.15, -0.1) is 18.3 Å². The Morgan fingerprint density at radius 3 is 2.61 bits per heavy atom. The van der Waals surface area contributed by atoms with Gasteiger partial charge >= 0.3 is 0 Å². The predicted molar refractivity (Wildman–Crippen MR) is 99.2 cm³/mol. The molecule has 2 nitrogen and oxygen atoms in total. The maximum absolute atomic E-state index is 5.88. The summed E-state index contributed by atoms with van der Waals surface area (Å²) >= 11 is 7.68. The second-order valence-electron chi connectivity index (χ2n) is 4.98. The molecule has 0 aliphatic rings. The van der Waals surface area contributed by atoms with Gasteiger partial charge in [-0.25, -0.2) is 0 Å². The average Bonchev–Trinajstić information content (AvgIpc) is 2.57. The van der Waals surface area contributed by atoms with Crippen LogP contribution in [0.25, 0.3) is 0 Å². The average molecular weight is 349 g/mol. The minimum atomic E-state index is 0.664.